The van der Waals surface area contributed by atoms with Crippen molar-refractivity contribution in [3.8, 4) is 0 Å². The third-order valence-electron chi connectivity index (χ3n) is 1.31. The second kappa shape index (κ2) is 3.66. The number of hydrogen-bond donors (Lipinski definition) is 2. The average molecular weight is 241 g/mol. The van der Waals surface area contributed by atoms with Crippen LogP contribution in [0.5, 0.6) is 0 Å². The van der Waals surface area contributed by atoms with Crippen molar-refractivity contribution in [1.82, 2.24) is 4.98 Å². The van der Waals surface area contributed by atoms with E-state index in [2.05, 4.69) is 10.1 Å². The summed E-state index contributed by atoms with van der Waals surface area (Å²) in [6.45, 7) is 0. The third-order valence-corrected chi connectivity index (χ3v) is 1.83. The summed E-state index contributed by atoms with van der Waals surface area (Å²) in [5.41, 5.74) is -1.24. The Kier molecular flexibility index (Phi) is 2.86. The summed E-state index contributed by atoms with van der Waals surface area (Å²) in [6.07, 6.45) is -3.83. The molecule has 0 unspecified atom stereocenters. The molecule has 0 fully saturated rings. The number of rotatable bonds is 2. The highest BCUT2D eigenvalue weighted by Crippen LogP contribution is 2.27. The summed E-state index contributed by atoms with van der Waals surface area (Å²) < 4.78 is 58.9. The molecule has 3 N–H and O–H groups in total. The van der Waals surface area contributed by atoms with Gasteiger partial charge in [0, 0.05) is 0 Å². The minimum atomic E-state index is -4.56. The molecule has 0 aliphatic carbocycles. The van der Waals surface area contributed by atoms with Crippen LogP contribution >= 0.6 is 0 Å². The normalized spacial score (nSPS) is 12.5. The lowest BCUT2D eigenvalue weighted by Crippen LogP contribution is -2.22. The molecule has 1 rings (SSSR count). The summed E-state index contributed by atoms with van der Waals surface area (Å²) >= 11 is 0. The summed E-state index contributed by atoms with van der Waals surface area (Å²) in [5.74, 6) is 0. The van der Waals surface area contributed by atoms with Crippen molar-refractivity contribution in [2.45, 2.75) is 6.18 Å². The lowest BCUT2D eigenvalue weighted by molar-refractivity contribution is -0.141. The molecule has 1 heterocycles. The van der Waals surface area contributed by atoms with Crippen LogP contribution in [-0.2, 0) is 16.4 Å². The van der Waals surface area contributed by atoms with Crippen molar-refractivity contribution in [2.24, 2.45) is 5.14 Å². The van der Waals surface area contributed by atoms with E-state index in [-0.39, 0.29) is 5.69 Å². The van der Waals surface area contributed by atoms with Crippen molar-refractivity contribution in [2.75, 3.05) is 4.72 Å². The first-order valence-corrected chi connectivity index (χ1v) is 5.07. The topological polar surface area (TPSA) is 85.1 Å². The lowest BCUT2D eigenvalue weighted by Gasteiger charge is -2.06. The molecule has 1 aromatic rings. The predicted molar refractivity (Wildman–Crippen MR) is 46.0 cm³/mol. The Morgan fingerprint density at radius 3 is 2.27 bits per heavy atom. The van der Waals surface area contributed by atoms with E-state index in [1.165, 1.54) is 0 Å². The Balaban J connectivity index is 2.91. The van der Waals surface area contributed by atoms with Gasteiger partial charge < -0.3 is 0 Å². The van der Waals surface area contributed by atoms with Gasteiger partial charge in [0.15, 0.2) is 0 Å². The molecule has 0 radical (unpaired) electrons. The van der Waals surface area contributed by atoms with Crippen LogP contribution in [0, 0.1) is 0 Å². The maximum Gasteiger partial charge on any atom is 0.433 e. The number of nitrogens with two attached hydrogens (primary N) is 1. The summed E-state index contributed by atoms with van der Waals surface area (Å²) in [6, 6.07) is 1.56. The van der Waals surface area contributed by atoms with Gasteiger partial charge in [-0.05, 0) is 12.1 Å². The van der Waals surface area contributed by atoms with E-state index in [0.29, 0.717) is 6.07 Å². The zero-order chi connectivity index (χ0) is 11.7. The van der Waals surface area contributed by atoms with Crippen molar-refractivity contribution in [1.29, 1.82) is 0 Å². The van der Waals surface area contributed by atoms with Gasteiger partial charge in [-0.25, -0.2) is 10.1 Å². The van der Waals surface area contributed by atoms with E-state index in [1.807, 2.05) is 0 Å². The van der Waals surface area contributed by atoms with Gasteiger partial charge in [-0.2, -0.15) is 21.6 Å². The van der Waals surface area contributed by atoms with Crippen LogP contribution in [-0.4, -0.2) is 13.4 Å². The molecule has 0 atom stereocenters. The molecule has 0 amide bonds. The van der Waals surface area contributed by atoms with Gasteiger partial charge in [-0.15, -0.1) is 0 Å². The molecule has 0 aliphatic heterocycles. The third kappa shape index (κ3) is 3.72. The Bertz CT molecular complexity index is 440. The van der Waals surface area contributed by atoms with Gasteiger partial charge >= 0.3 is 6.18 Å². The number of alkyl halides is 3. The first-order valence-electron chi connectivity index (χ1n) is 3.52. The largest absolute Gasteiger partial charge is 0.433 e. The van der Waals surface area contributed by atoms with Gasteiger partial charge in [0.05, 0.1) is 11.9 Å². The van der Waals surface area contributed by atoms with E-state index >= 15 is 0 Å². The van der Waals surface area contributed by atoms with Crippen LogP contribution in [0.4, 0.5) is 18.9 Å². The van der Waals surface area contributed by atoms with Gasteiger partial charge in [0.2, 0.25) is 0 Å². The fraction of sp³-hybridized carbons (Fsp3) is 0.167. The Labute approximate surface area is 83.3 Å². The van der Waals surface area contributed by atoms with E-state index in [1.54, 1.807) is 4.72 Å². The molecule has 0 aromatic carbocycles. The predicted octanol–water partition coefficient (Wildman–Crippen LogP) is 0.716. The molecule has 9 heteroatoms. The molecule has 0 bridgehead atoms. The quantitative estimate of drug-likeness (QED) is 0.799. The summed E-state index contributed by atoms with van der Waals surface area (Å²) in [7, 11) is -4.00. The first kappa shape index (κ1) is 11.7. The highest BCUT2D eigenvalue weighted by Gasteiger charge is 2.32. The van der Waals surface area contributed by atoms with Crippen molar-refractivity contribution >= 4 is 15.9 Å². The summed E-state index contributed by atoms with van der Waals surface area (Å²) in [4.78, 5) is 3.03. The fourth-order valence-corrected chi connectivity index (χ4v) is 1.24. The zero-order valence-electron chi connectivity index (χ0n) is 7.12. The van der Waals surface area contributed by atoms with Crippen LogP contribution in [0.15, 0.2) is 18.3 Å². The Morgan fingerprint density at radius 2 is 1.93 bits per heavy atom. The molecule has 84 valence electrons. The second-order valence-electron chi connectivity index (χ2n) is 2.58. The molecule has 0 saturated heterocycles. The van der Waals surface area contributed by atoms with Crippen molar-refractivity contribution in [3.63, 3.8) is 0 Å². The van der Waals surface area contributed by atoms with Gasteiger partial charge in [-0.3, -0.25) is 4.72 Å². The smallest absolute Gasteiger partial charge is 0.270 e. The number of halogens is 3. The highest BCUT2D eigenvalue weighted by atomic mass is 32.2. The van der Waals surface area contributed by atoms with E-state index < -0.39 is 22.1 Å². The van der Waals surface area contributed by atoms with Crippen molar-refractivity contribution in [3.05, 3.63) is 24.0 Å². The van der Waals surface area contributed by atoms with Crippen LogP contribution in [0.3, 0.4) is 0 Å². The van der Waals surface area contributed by atoms with E-state index in [4.69, 9.17) is 0 Å². The number of pyridine rings is 1. The SMILES string of the molecule is NS(=O)(=O)Nc1ccc(C(F)(F)F)nc1. The molecule has 0 spiro atoms. The lowest BCUT2D eigenvalue weighted by atomic mass is 10.3. The molecule has 0 aliphatic rings. The summed E-state index contributed by atoms with van der Waals surface area (Å²) in [5, 5.41) is 4.60. The van der Waals surface area contributed by atoms with Gasteiger partial charge in [-0.1, -0.05) is 0 Å². The minimum absolute atomic E-state index is 0.134. The van der Waals surface area contributed by atoms with Crippen LogP contribution in [0.1, 0.15) is 5.69 Å². The second-order valence-corrected chi connectivity index (χ2v) is 3.87. The first-order chi connectivity index (χ1) is 6.68. The molecule has 1 aromatic heterocycles. The maximum atomic E-state index is 12.0. The van der Waals surface area contributed by atoms with Crippen molar-refractivity contribution < 1.29 is 21.6 Å². The number of nitrogens with zero attached hydrogens (tertiary/aromatic N) is 1. The fourth-order valence-electron chi connectivity index (χ4n) is 0.786. The molecular formula is C6H6F3N3O2S. The van der Waals surface area contributed by atoms with Crippen LogP contribution in [0.2, 0.25) is 0 Å². The number of nitrogens with one attached hydrogen (secondary N) is 1. The number of hydrogen-bond acceptors (Lipinski definition) is 3. The number of anilines is 1. The molecular weight excluding hydrogens is 235 g/mol. The Morgan fingerprint density at radius 1 is 1.33 bits per heavy atom. The van der Waals surface area contributed by atoms with Gasteiger partial charge in [0.25, 0.3) is 10.2 Å². The molecule has 5 nitrogen and oxygen atoms in total. The van der Waals surface area contributed by atoms with Crippen LogP contribution in [0.25, 0.3) is 0 Å². The van der Waals surface area contributed by atoms with E-state index in [9.17, 15) is 21.6 Å². The highest BCUT2D eigenvalue weighted by molar-refractivity contribution is 7.90. The molecule has 15 heavy (non-hydrogen) atoms. The molecule has 0 saturated carbocycles. The number of aromatic nitrogens is 1. The van der Waals surface area contributed by atoms with Crippen LogP contribution < -0.4 is 9.86 Å². The Hall–Kier alpha value is -1.35. The van der Waals surface area contributed by atoms with Gasteiger partial charge in [0.1, 0.15) is 5.69 Å². The minimum Gasteiger partial charge on any atom is -0.270 e. The maximum absolute atomic E-state index is 12.0. The standard InChI is InChI=1S/C6H6F3N3O2S/c7-6(8,9)5-2-1-4(3-11-5)12-15(10,13)14/h1-3,12H,(H2,10,13,14). The monoisotopic (exact) mass is 241 g/mol. The average Bonchev–Trinajstić information content (AvgIpc) is 2.00. The van der Waals surface area contributed by atoms with E-state index in [0.717, 1.165) is 12.3 Å². The zero-order valence-corrected chi connectivity index (χ0v) is 7.93.